The van der Waals surface area contributed by atoms with Crippen molar-refractivity contribution >= 4 is 123 Å². The Kier molecular flexibility index (Phi) is 15.3. The van der Waals surface area contributed by atoms with Crippen LogP contribution in [-0.2, 0) is 35.7 Å². The van der Waals surface area contributed by atoms with Gasteiger partial charge >= 0.3 is 0 Å². The van der Waals surface area contributed by atoms with Gasteiger partial charge in [0, 0.05) is 118 Å². The second-order valence-corrected chi connectivity index (χ2v) is 24.8. The third-order valence-electron chi connectivity index (χ3n) is 16.1. The molecule has 2 N–H and O–H groups in total. The number of ether oxygens (including phenoxy) is 2. The van der Waals surface area contributed by atoms with E-state index in [0.29, 0.717) is 37.7 Å². The van der Waals surface area contributed by atoms with Gasteiger partial charge in [-0.3, -0.25) is 0 Å². The Hall–Kier alpha value is -7.71. The molecule has 0 fully saturated rings. The molecule has 8 nitrogen and oxygen atoms in total. The summed E-state index contributed by atoms with van der Waals surface area (Å²) in [5, 5.41) is 32.8. The van der Waals surface area contributed by atoms with Crippen molar-refractivity contribution in [1.29, 1.82) is 0 Å². The second kappa shape index (κ2) is 23.9. The van der Waals surface area contributed by atoms with Gasteiger partial charge in [0.15, 0.2) is 0 Å². The van der Waals surface area contributed by atoms with Crippen LogP contribution < -0.4 is 0 Å². The van der Waals surface area contributed by atoms with Crippen LogP contribution in [0.4, 0.5) is 0 Å². The first kappa shape index (κ1) is 53.3. The summed E-state index contributed by atoms with van der Waals surface area (Å²) in [5.41, 5.74) is 9.42. The molecule has 412 valence electrons. The van der Waals surface area contributed by atoms with Crippen LogP contribution in [0.5, 0.6) is 0 Å². The number of aromatic nitrogens is 4. The Bertz CT molecular complexity index is 3850. The summed E-state index contributed by atoms with van der Waals surface area (Å²) in [7, 11) is 0. The van der Waals surface area contributed by atoms with Crippen molar-refractivity contribution in [3.8, 4) is 0 Å². The molecule has 14 aromatic rings. The Morgan fingerprint density at radius 1 is 0.277 bits per heavy atom. The van der Waals surface area contributed by atoms with Crippen LogP contribution in [-0.4, -0.2) is 77.6 Å². The summed E-state index contributed by atoms with van der Waals surface area (Å²) in [6.45, 7) is 2.97. The predicted molar refractivity (Wildman–Crippen MR) is 348 cm³/mol. The molecular formula is C72H62N4O4S3. The van der Waals surface area contributed by atoms with Crippen LogP contribution in [0.1, 0.15) is 0 Å². The van der Waals surface area contributed by atoms with E-state index >= 15 is 0 Å². The number of thioether (sulfide) groups is 2. The summed E-state index contributed by atoms with van der Waals surface area (Å²) < 4.78 is 23.2. The Labute approximate surface area is 494 Å². The summed E-state index contributed by atoms with van der Waals surface area (Å²) in [6, 6.07) is 86.0. The number of rotatable bonds is 22. The standard InChI is InChI=1S/C72H62N4O4S3/c77-49(45-79-51(41-73-65-25-9-1-17-57(65)58-18-2-10-26-66(58)73)42-74-67-27-11-3-19-59(67)60-20-4-12-28-68(60)74)47-81-53-33-37-55(38-34-53)83-56-39-35-54(36-40-56)82-48-50(78)46-80-52(43-75-69-29-13-5-21-61(69)62-22-6-14-30-70(62)75)44-76-71-31-15-7-23-63(71)64-24-8-16-32-72(64)76/h1-40,49-52,77-78H,41-48H2. The van der Waals surface area contributed by atoms with Crippen molar-refractivity contribution in [3.63, 3.8) is 0 Å². The Morgan fingerprint density at radius 2 is 0.482 bits per heavy atom. The van der Waals surface area contributed by atoms with Crippen molar-refractivity contribution in [2.45, 2.75) is 70.2 Å². The van der Waals surface area contributed by atoms with Crippen molar-refractivity contribution in [1.82, 2.24) is 18.3 Å². The lowest BCUT2D eigenvalue weighted by atomic mass is 10.2. The van der Waals surface area contributed by atoms with E-state index in [9.17, 15) is 10.2 Å². The molecule has 4 aromatic heterocycles. The van der Waals surface area contributed by atoms with Gasteiger partial charge in [-0.2, -0.15) is 0 Å². The number of benzene rings is 10. The van der Waals surface area contributed by atoms with E-state index in [0.717, 1.165) is 19.6 Å². The minimum Gasteiger partial charge on any atom is -0.390 e. The first-order valence-electron chi connectivity index (χ1n) is 28.5. The maximum atomic E-state index is 11.5. The first-order chi connectivity index (χ1) is 41.0. The third kappa shape index (κ3) is 11.0. The molecular weight excluding hydrogens is 1080 g/mol. The molecule has 0 amide bonds. The molecule has 0 saturated carbocycles. The second-order valence-electron chi connectivity index (χ2n) is 21.5. The van der Waals surface area contributed by atoms with Crippen LogP contribution in [0.3, 0.4) is 0 Å². The fraction of sp³-hybridized carbons (Fsp3) is 0.167. The Balaban J connectivity index is 0.597. The van der Waals surface area contributed by atoms with Crippen molar-refractivity contribution in [2.75, 3.05) is 24.7 Å². The van der Waals surface area contributed by atoms with Gasteiger partial charge in [0.05, 0.1) is 63.8 Å². The van der Waals surface area contributed by atoms with Gasteiger partial charge in [-0.1, -0.05) is 157 Å². The lowest BCUT2D eigenvalue weighted by Crippen LogP contribution is -2.30. The van der Waals surface area contributed by atoms with Gasteiger partial charge in [0.1, 0.15) is 0 Å². The highest BCUT2D eigenvalue weighted by Gasteiger charge is 2.23. The molecule has 0 radical (unpaired) electrons. The fourth-order valence-electron chi connectivity index (χ4n) is 12.3. The van der Waals surface area contributed by atoms with E-state index in [1.807, 2.05) is 0 Å². The maximum Gasteiger partial charge on any atom is 0.0934 e. The van der Waals surface area contributed by atoms with E-state index in [1.54, 1.807) is 35.3 Å². The number of aliphatic hydroxyl groups is 2. The fourth-order valence-corrected chi connectivity index (χ4v) is 14.7. The summed E-state index contributed by atoms with van der Waals surface area (Å²) in [4.78, 5) is 4.47. The molecule has 2 atom stereocenters. The van der Waals surface area contributed by atoms with E-state index in [-0.39, 0.29) is 25.4 Å². The zero-order valence-corrected chi connectivity index (χ0v) is 48.2. The summed E-state index contributed by atoms with van der Waals surface area (Å²) >= 11 is 5.01. The summed E-state index contributed by atoms with van der Waals surface area (Å²) in [5.74, 6) is 1.02. The number of fused-ring (bicyclic) bond motifs is 12. The third-order valence-corrected chi connectivity index (χ3v) is 19.4. The van der Waals surface area contributed by atoms with Gasteiger partial charge < -0.3 is 38.0 Å². The van der Waals surface area contributed by atoms with Crippen LogP contribution >= 0.6 is 35.3 Å². The molecule has 14 rings (SSSR count). The monoisotopic (exact) mass is 1140 g/mol. The topological polar surface area (TPSA) is 78.6 Å². The molecule has 0 spiro atoms. The molecule has 10 aromatic carbocycles. The van der Waals surface area contributed by atoms with E-state index in [2.05, 4.69) is 261 Å². The van der Waals surface area contributed by atoms with E-state index in [4.69, 9.17) is 9.47 Å². The lowest BCUT2D eigenvalue weighted by Gasteiger charge is -2.23. The number of aliphatic hydroxyl groups excluding tert-OH is 2. The largest absolute Gasteiger partial charge is 0.390 e. The van der Waals surface area contributed by atoms with E-state index < -0.39 is 12.2 Å². The van der Waals surface area contributed by atoms with Gasteiger partial charge in [0.2, 0.25) is 0 Å². The SMILES string of the molecule is OC(COC(Cn1c2ccccc2c2ccccc21)Cn1c2ccccc2c2ccccc21)CSc1ccc(Sc2ccc(SCC(O)COC(Cn3c4ccccc4c4ccccc43)Cn3c4ccccc4c4ccccc43)cc2)cc1. The summed E-state index contributed by atoms with van der Waals surface area (Å²) in [6.07, 6.45) is -1.78. The van der Waals surface area contributed by atoms with Gasteiger partial charge in [-0.25, -0.2) is 0 Å². The first-order valence-corrected chi connectivity index (χ1v) is 31.3. The highest BCUT2D eigenvalue weighted by atomic mass is 32.2. The molecule has 2 unspecified atom stereocenters. The normalized spacial score (nSPS) is 13.0. The zero-order valence-electron chi connectivity index (χ0n) is 45.8. The van der Waals surface area contributed by atoms with Crippen LogP contribution in [0.15, 0.2) is 262 Å². The van der Waals surface area contributed by atoms with Gasteiger partial charge in [0.25, 0.3) is 0 Å². The predicted octanol–water partition coefficient (Wildman–Crippen LogP) is 16.7. The molecule has 4 heterocycles. The van der Waals surface area contributed by atoms with Crippen molar-refractivity contribution in [3.05, 3.63) is 243 Å². The minimum absolute atomic E-state index is 0.219. The zero-order chi connectivity index (χ0) is 55.6. The average molecular weight is 1140 g/mol. The van der Waals surface area contributed by atoms with Crippen LogP contribution in [0.25, 0.3) is 87.2 Å². The number of nitrogens with zero attached hydrogens (tertiary/aromatic N) is 4. The van der Waals surface area contributed by atoms with Gasteiger partial charge in [-0.05, 0) is 97.1 Å². The molecule has 0 saturated heterocycles. The molecule has 83 heavy (non-hydrogen) atoms. The van der Waals surface area contributed by atoms with Crippen molar-refractivity contribution < 1.29 is 19.7 Å². The highest BCUT2D eigenvalue weighted by molar-refractivity contribution is 8.00. The Morgan fingerprint density at radius 3 is 0.711 bits per heavy atom. The van der Waals surface area contributed by atoms with Crippen LogP contribution in [0.2, 0.25) is 0 Å². The number of para-hydroxylation sites is 8. The maximum absolute atomic E-state index is 11.5. The minimum atomic E-state index is -0.663. The van der Waals surface area contributed by atoms with Crippen molar-refractivity contribution in [2.24, 2.45) is 0 Å². The molecule has 0 aliphatic carbocycles. The quantitative estimate of drug-likeness (QED) is 0.0655. The molecule has 0 bridgehead atoms. The molecule has 0 aliphatic heterocycles. The number of hydrogen-bond donors (Lipinski definition) is 2. The smallest absolute Gasteiger partial charge is 0.0934 e. The highest BCUT2D eigenvalue weighted by Crippen LogP contribution is 2.36. The lowest BCUT2D eigenvalue weighted by molar-refractivity contribution is -0.0139. The molecule has 0 aliphatic rings. The molecule has 11 heteroatoms. The van der Waals surface area contributed by atoms with Crippen LogP contribution in [0, 0.1) is 0 Å². The van der Waals surface area contributed by atoms with E-state index in [1.165, 1.54) is 87.2 Å². The van der Waals surface area contributed by atoms with Gasteiger partial charge in [-0.15, -0.1) is 23.5 Å². The number of hydrogen-bond acceptors (Lipinski definition) is 7. The average Bonchev–Trinajstić information content (AvgIpc) is 4.39.